The zero-order valence-electron chi connectivity index (χ0n) is 22.4. The molecular formula is C29H38N6O. The number of nitrogens with zero attached hydrogens (tertiary/aromatic N) is 5. The van der Waals surface area contributed by atoms with E-state index in [0.717, 1.165) is 53.7 Å². The quantitative estimate of drug-likeness (QED) is 0.321. The summed E-state index contributed by atoms with van der Waals surface area (Å²) in [6, 6.07) is 16.6. The molecule has 7 heteroatoms. The molecule has 0 saturated carbocycles. The first-order valence-corrected chi connectivity index (χ1v) is 12.9. The number of fused-ring (bicyclic) bond motifs is 1. The molecule has 2 aromatic heterocycles. The maximum atomic E-state index is 13.2. The number of hydrogen-bond acceptors (Lipinski definition) is 5. The van der Waals surface area contributed by atoms with Crippen molar-refractivity contribution in [3.63, 3.8) is 0 Å². The summed E-state index contributed by atoms with van der Waals surface area (Å²) in [5.41, 5.74) is 5.08. The minimum atomic E-state index is -0.202. The molecule has 4 aromatic rings. The highest BCUT2D eigenvalue weighted by molar-refractivity contribution is 5.81. The molecule has 1 atom stereocenters. The van der Waals surface area contributed by atoms with E-state index in [9.17, 15) is 4.79 Å². The van der Waals surface area contributed by atoms with Gasteiger partial charge in [0, 0.05) is 18.7 Å². The van der Waals surface area contributed by atoms with Gasteiger partial charge in [0.05, 0.1) is 17.1 Å². The summed E-state index contributed by atoms with van der Waals surface area (Å²) in [6.07, 6.45) is 2.62. The fraction of sp³-hybridized carbons (Fsp3) is 0.448. The number of aromatic amines is 1. The van der Waals surface area contributed by atoms with Gasteiger partial charge in [0.25, 0.3) is 5.56 Å². The number of rotatable bonds is 10. The molecule has 4 rings (SSSR count). The van der Waals surface area contributed by atoms with Gasteiger partial charge in [0.2, 0.25) is 0 Å². The molecule has 0 amide bonds. The van der Waals surface area contributed by atoms with Crippen LogP contribution >= 0.6 is 0 Å². The normalized spacial score (nSPS) is 13.0. The minimum absolute atomic E-state index is 0.0255. The number of hydrogen-bond donors (Lipinski definition) is 1. The molecule has 0 bridgehead atoms. The van der Waals surface area contributed by atoms with Gasteiger partial charge in [-0.1, -0.05) is 56.3 Å². The molecule has 36 heavy (non-hydrogen) atoms. The Morgan fingerprint density at radius 1 is 1.03 bits per heavy atom. The highest BCUT2D eigenvalue weighted by atomic mass is 16.1. The van der Waals surface area contributed by atoms with Crippen LogP contribution in [0.2, 0.25) is 0 Å². The van der Waals surface area contributed by atoms with Gasteiger partial charge in [-0.25, -0.2) is 4.68 Å². The van der Waals surface area contributed by atoms with E-state index >= 15 is 0 Å². The number of pyridine rings is 1. The van der Waals surface area contributed by atoms with Crippen molar-refractivity contribution in [2.24, 2.45) is 0 Å². The van der Waals surface area contributed by atoms with E-state index in [4.69, 9.17) is 0 Å². The molecule has 0 aliphatic heterocycles. The standard InChI is InChI=1S/C29H38N6O/c1-7-25(27-31-32-33-35(27)29(5,6)8-2)34(17-16-22-14-10-9-12-20(22)3)19-24-18-23-15-11-13-21(4)26(23)30-28(24)36/h9-15,18,25H,7-8,16-17,19H2,1-6H3,(H,30,36). The fourth-order valence-electron chi connectivity index (χ4n) is 4.85. The summed E-state index contributed by atoms with van der Waals surface area (Å²) in [5, 5.41) is 14.0. The van der Waals surface area contributed by atoms with E-state index < -0.39 is 0 Å². The van der Waals surface area contributed by atoms with E-state index in [1.807, 2.05) is 29.8 Å². The van der Waals surface area contributed by atoms with Crippen molar-refractivity contribution < 1.29 is 0 Å². The van der Waals surface area contributed by atoms with Crippen LogP contribution < -0.4 is 5.56 Å². The molecule has 7 nitrogen and oxygen atoms in total. The molecule has 0 fully saturated rings. The van der Waals surface area contributed by atoms with E-state index in [-0.39, 0.29) is 17.1 Å². The van der Waals surface area contributed by atoms with Crippen LogP contribution in [0.3, 0.4) is 0 Å². The lowest BCUT2D eigenvalue weighted by molar-refractivity contribution is 0.160. The van der Waals surface area contributed by atoms with Crippen molar-refractivity contribution in [1.82, 2.24) is 30.1 Å². The second-order valence-corrected chi connectivity index (χ2v) is 10.3. The van der Waals surface area contributed by atoms with Crippen molar-refractivity contribution in [3.8, 4) is 0 Å². The number of aromatic nitrogens is 5. The highest BCUT2D eigenvalue weighted by Crippen LogP contribution is 2.29. The average molecular weight is 487 g/mol. The lowest BCUT2D eigenvalue weighted by Crippen LogP contribution is -2.37. The molecule has 0 aliphatic rings. The molecule has 1 unspecified atom stereocenters. The smallest absolute Gasteiger partial charge is 0.252 e. The zero-order valence-corrected chi connectivity index (χ0v) is 22.4. The van der Waals surface area contributed by atoms with Gasteiger partial charge in [-0.05, 0) is 85.5 Å². The summed E-state index contributed by atoms with van der Waals surface area (Å²) in [6.45, 7) is 14.1. The molecule has 2 heterocycles. The second kappa shape index (κ2) is 10.7. The third-order valence-corrected chi connectivity index (χ3v) is 7.53. The number of H-pyrrole nitrogens is 1. The fourth-order valence-corrected chi connectivity index (χ4v) is 4.85. The first-order chi connectivity index (χ1) is 17.2. The van der Waals surface area contributed by atoms with Crippen LogP contribution in [0, 0.1) is 13.8 Å². The summed E-state index contributed by atoms with van der Waals surface area (Å²) in [5.74, 6) is 0.849. The number of benzene rings is 2. The van der Waals surface area contributed by atoms with Crippen LogP contribution in [0.15, 0.2) is 53.3 Å². The topological polar surface area (TPSA) is 79.7 Å². The van der Waals surface area contributed by atoms with Crippen LogP contribution in [-0.2, 0) is 18.5 Å². The lowest BCUT2D eigenvalue weighted by Gasteiger charge is -2.33. The number of tetrazole rings is 1. The largest absolute Gasteiger partial charge is 0.321 e. The maximum Gasteiger partial charge on any atom is 0.252 e. The second-order valence-electron chi connectivity index (χ2n) is 10.3. The minimum Gasteiger partial charge on any atom is -0.321 e. The van der Waals surface area contributed by atoms with Crippen LogP contribution in [0.4, 0.5) is 0 Å². The maximum absolute atomic E-state index is 13.2. The third kappa shape index (κ3) is 5.26. The Hall–Kier alpha value is -3.32. The predicted octanol–water partition coefficient (Wildman–Crippen LogP) is 5.47. The Kier molecular flexibility index (Phi) is 7.69. The monoisotopic (exact) mass is 486 g/mol. The molecule has 190 valence electrons. The Morgan fingerprint density at radius 2 is 1.78 bits per heavy atom. The Morgan fingerprint density at radius 3 is 2.50 bits per heavy atom. The van der Waals surface area contributed by atoms with Crippen LogP contribution in [0.5, 0.6) is 0 Å². The number of para-hydroxylation sites is 1. The third-order valence-electron chi connectivity index (χ3n) is 7.53. The van der Waals surface area contributed by atoms with Crippen molar-refractivity contribution in [3.05, 3.63) is 87.0 Å². The van der Waals surface area contributed by atoms with Gasteiger partial charge >= 0.3 is 0 Å². The van der Waals surface area contributed by atoms with Gasteiger partial charge in [0.1, 0.15) is 0 Å². The van der Waals surface area contributed by atoms with Gasteiger partial charge in [0.15, 0.2) is 5.82 Å². The molecule has 1 N–H and O–H groups in total. The van der Waals surface area contributed by atoms with Crippen LogP contribution in [0.1, 0.15) is 74.7 Å². The zero-order chi connectivity index (χ0) is 25.9. The summed E-state index contributed by atoms with van der Waals surface area (Å²) in [4.78, 5) is 18.7. The molecule has 0 radical (unpaired) electrons. The summed E-state index contributed by atoms with van der Waals surface area (Å²) >= 11 is 0. The average Bonchev–Trinajstić information content (AvgIpc) is 3.35. The van der Waals surface area contributed by atoms with E-state index in [1.165, 1.54) is 11.1 Å². The number of nitrogens with one attached hydrogen (secondary N) is 1. The summed E-state index contributed by atoms with van der Waals surface area (Å²) < 4.78 is 1.97. The Bertz CT molecular complexity index is 1390. The predicted molar refractivity (Wildman–Crippen MR) is 145 cm³/mol. The van der Waals surface area contributed by atoms with Crippen molar-refractivity contribution in [2.45, 2.75) is 78.9 Å². The van der Waals surface area contributed by atoms with Crippen LogP contribution in [0.25, 0.3) is 10.9 Å². The number of aryl methyl sites for hydroxylation is 2. The molecule has 0 saturated heterocycles. The molecule has 2 aromatic carbocycles. The van der Waals surface area contributed by atoms with Gasteiger partial charge < -0.3 is 4.98 Å². The van der Waals surface area contributed by atoms with Gasteiger partial charge in [-0.3, -0.25) is 9.69 Å². The summed E-state index contributed by atoms with van der Waals surface area (Å²) in [7, 11) is 0. The van der Waals surface area contributed by atoms with Crippen molar-refractivity contribution in [2.75, 3.05) is 6.54 Å². The first-order valence-electron chi connectivity index (χ1n) is 12.9. The molecule has 0 spiro atoms. The van der Waals surface area contributed by atoms with Crippen molar-refractivity contribution >= 4 is 10.9 Å². The Balaban J connectivity index is 1.74. The van der Waals surface area contributed by atoms with E-state index in [1.54, 1.807) is 0 Å². The van der Waals surface area contributed by atoms with E-state index in [0.29, 0.717) is 6.54 Å². The van der Waals surface area contributed by atoms with Gasteiger partial charge in [-0.2, -0.15) is 0 Å². The van der Waals surface area contributed by atoms with Crippen molar-refractivity contribution in [1.29, 1.82) is 0 Å². The lowest BCUT2D eigenvalue weighted by atomic mass is 10.0. The Labute approximate surface area is 213 Å². The van der Waals surface area contributed by atoms with Crippen LogP contribution in [-0.4, -0.2) is 36.6 Å². The SMILES string of the molecule is CCC(c1nnnn1C(C)(C)CC)N(CCc1ccccc1C)Cc1cc2cccc(C)c2[nH]c1=O. The molecule has 0 aliphatic carbocycles. The first kappa shape index (κ1) is 25.8. The van der Waals surface area contributed by atoms with E-state index in [2.05, 4.69) is 90.4 Å². The highest BCUT2D eigenvalue weighted by Gasteiger charge is 2.31. The molecular weight excluding hydrogens is 448 g/mol. The van der Waals surface area contributed by atoms with Gasteiger partial charge in [-0.15, -0.1) is 5.10 Å².